The van der Waals surface area contributed by atoms with Crippen LogP contribution in [0.2, 0.25) is 0 Å². The summed E-state index contributed by atoms with van der Waals surface area (Å²) < 4.78 is 44.5. The zero-order valence-corrected chi connectivity index (χ0v) is 18.2. The highest BCUT2D eigenvalue weighted by atomic mass is 19.4. The van der Waals surface area contributed by atoms with E-state index in [4.69, 9.17) is 0 Å². The Morgan fingerprint density at radius 3 is 2.52 bits per heavy atom. The molecule has 0 radical (unpaired) electrons. The van der Waals surface area contributed by atoms with Gasteiger partial charge in [0, 0.05) is 25.0 Å². The van der Waals surface area contributed by atoms with Gasteiger partial charge < -0.3 is 10.2 Å². The van der Waals surface area contributed by atoms with E-state index in [2.05, 4.69) is 5.10 Å². The predicted molar refractivity (Wildman–Crippen MR) is 116 cm³/mol. The van der Waals surface area contributed by atoms with Crippen LogP contribution in [0.5, 0.6) is 0 Å². The maximum absolute atomic E-state index is 14.4. The minimum absolute atomic E-state index is 0.151. The standard InChI is InChI=1S/C24H25F3N4O2/c1-16-3-2-4-18(11-16)14-31-21-12-17(13-28)5-6-20(21)22(29-31)23(33,24(25,26)27)15-30-9-7-19(32)8-10-30/h2-6,11-12,19,32-33H,7-10,14-15H2,1H3. The first-order chi connectivity index (χ1) is 15.6. The van der Waals surface area contributed by atoms with Gasteiger partial charge in [0.2, 0.25) is 5.60 Å². The number of benzene rings is 2. The van der Waals surface area contributed by atoms with Crippen LogP contribution in [0, 0.1) is 18.3 Å². The summed E-state index contributed by atoms with van der Waals surface area (Å²) in [5, 5.41) is 34.6. The van der Waals surface area contributed by atoms with Crippen molar-refractivity contribution >= 4 is 10.9 Å². The van der Waals surface area contributed by atoms with E-state index in [0.29, 0.717) is 23.9 Å². The SMILES string of the molecule is Cc1cccc(Cn2nc(C(O)(CN3CCC(O)CC3)C(F)(F)F)c3ccc(C#N)cc32)c1. The summed E-state index contributed by atoms with van der Waals surface area (Å²) in [5.74, 6) is 0. The number of halogens is 3. The van der Waals surface area contributed by atoms with Crippen molar-refractivity contribution < 1.29 is 23.4 Å². The largest absolute Gasteiger partial charge is 0.424 e. The minimum Gasteiger partial charge on any atom is -0.393 e. The summed E-state index contributed by atoms with van der Waals surface area (Å²) >= 11 is 0. The molecule has 174 valence electrons. The van der Waals surface area contributed by atoms with Crippen LogP contribution in [-0.4, -0.2) is 56.8 Å². The molecule has 33 heavy (non-hydrogen) atoms. The second kappa shape index (κ2) is 8.78. The molecule has 1 unspecified atom stereocenters. The Kier molecular flexibility index (Phi) is 6.18. The molecule has 2 heterocycles. The van der Waals surface area contributed by atoms with Crippen LogP contribution in [0.1, 0.15) is 35.2 Å². The molecule has 1 aliphatic heterocycles. The van der Waals surface area contributed by atoms with Gasteiger partial charge in [-0.05, 0) is 43.5 Å². The first-order valence-corrected chi connectivity index (χ1v) is 10.8. The number of fused-ring (bicyclic) bond motifs is 1. The molecule has 0 spiro atoms. The van der Waals surface area contributed by atoms with Crippen LogP contribution in [0.15, 0.2) is 42.5 Å². The molecule has 1 aliphatic rings. The van der Waals surface area contributed by atoms with E-state index in [9.17, 15) is 28.6 Å². The van der Waals surface area contributed by atoms with E-state index < -0.39 is 30.1 Å². The molecule has 1 saturated heterocycles. The third-order valence-electron chi connectivity index (χ3n) is 6.17. The minimum atomic E-state index is -4.98. The number of aliphatic hydroxyl groups excluding tert-OH is 1. The van der Waals surface area contributed by atoms with Gasteiger partial charge in [0.25, 0.3) is 0 Å². The molecule has 2 aromatic carbocycles. The number of rotatable bonds is 5. The predicted octanol–water partition coefficient (Wildman–Crippen LogP) is 3.47. The van der Waals surface area contributed by atoms with Crippen molar-refractivity contribution in [3.63, 3.8) is 0 Å². The monoisotopic (exact) mass is 458 g/mol. The second-order valence-corrected chi connectivity index (χ2v) is 8.70. The quantitative estimate of drug-likeness (QED) is 0.612. The molecule has 0 amide bonds. The first-order valence-electron chi connectivity index (χ1n) is 10.8. The Morgan fingerprint density at radius 2 is 1.88 bits per heavy atom. The van der Waals surface area contributed by atoms with E-state index in [1.807, 2.05) is 37.3 Å². The van der Waals surface area contributed by atoms with Gasteiger partial charge in [-0.25, -0.2) is 0 Å². The lowest BCUT2D eigenvalue weighted by atomic mass is 9.93. The summed E-state index contributed by atoms with van der Waals surface area (Å²) in [6, 6.07) is 13.9. The van der Waals surface area contributed by atoms with Crippen molar-refractivity contribution in [1.29, 1.82) is 5.26 Å². The molecule has 3 aromatic rings. The number of nitrogens with zero attached hydrogens (tertiary/aromatic N) is 4. The number of aliphatic hydroxyl groups is 2. The highest BCUT2D eigenvalue weighted by molar-refractivity contribution is 5.84. The topological polar surface area (TPSA) is 85.3 Å². The number of alkyl halides is 3. The number of hydrogen-bond acceptors (Lipinski definition) is 5. The molecule has 0 saturated carbocycles. The van der Waals surface area contributed by atoms with E-state index in [0.717, 1.165) is 11.1 Å². The lowest BCUT2D eigenvalue weighted by Gasteiger charge is -2.37. The summed E-state index contributed by atoms with van der Waals surface area (Å²) in [6.07, 6.45) is -4.82. The van der Waals surface area contributed by atoms with Crippen molar-refractivity contribution in [1.82, 2.24) is 14.7 Å². The fourth-order valence-corrected chi connectivity index (χ4v) is 4.35. The van der Waals surface area contributed by atoms with Crippen LogP contribution in [0.25, 0.3) is 10.9 Å². The molecule has 1 atom stereocenters. The Bertz CT molecular complexity index is 1190. The van der Waals surface area contributed by atoms with Gasteiger partial charge >= 0.3 is 6.18 Å². The van der Waals surface area contributed by atoms with Crippen molar-refractivity contribution in [3.05, 3.63) is 64.8 Å². The average Bonchev–Trinajstić information content (AvgIpc) is 3.12. The molecule has 0 bridgehead atoms. The number of nitriles is 1. The van der Waals surface area contributed by atoms with Crippen molar-refractivity contribution in [3.8, 4) is 6.07 Å². The number of β-amino-alcohol motifs (C(OH)–C–C–N with tert-alkyl or cyclic N) is 1. The van der Waals surface area contributed by atoms with Gasteiger partial charge in [-0.2, -0.15) is 23.5 Å². The first kappa shape index (κ1) is 23.2. The second-order valence-electron chi connectivity index (χ2n) is 8.70. The number of likely N-dealkylation sites (tertiary alicyclic amines) is 1. The van der Waals surface area contributed by atoms with E-state index in [1.54, 1.807) is 0 Å². The third-order valence-corrected chi connectivity index (χ3v) is 6.17. The summed E-state index contributed by atoms with van der Waals surface area (Å²) in [7, 11) is 0. The third kappa shape index (κ3) is 4.60. The normalized spacial score (nSPS) is 17.7. The van der Waals surface area contributed by atoms with Crippen LogP contribution >= 0.6 is 0 Å². The highest BCUT2D eigenvalue weighted by Crippen LogP contribution is 2.42. The van der Waals surface area contributed by atoms with E-state index in [-0.39, 0.29) is 25.0 Å². The molecular formula is C24H25F3N4O2. The Labute approximate surface area is 189 Å². The lowest BCUT2D eigenvalue weighted by molar-refractivity contribution is -0.273. The molecular weight excluding hydrogens is 433 g/mol. The number of hydrogen-bond donors (Lipinski definition) is 2. The number of aryl methyl sites for hydroxylation is 1. The Balaban J connectivity index is 1.82. The van der Waals surface area contributed by atoms with E-state index in [1.165, 1.54) is 27.8 Å². The van der Waals surface area contributed by atoms with Gasteiger partial charge in [-0.15, -0.1) is 0 Å². The maximum atomic E-state index is 14.4. The van der Waals surface area contributed by atoms with Crippen LogP contribution < -0.4 is 0 Å². The molecule has 2 N–H and O–H groups in total. The van der Waals surface area contributed by atoms with Gasteiger partial charge in [-0.1, -0.05) is 29.8 Å². The fourth-order valence-electron chi connectivity index (χ4n) is 4.35. The number of aromatic nitrogens is 2. The zero-order chi connectivity index (χ0) is 23.8. The average molecular weight is 458 g/mol. The molecule has 1 aromatic heterocycles. The Morgan fingerprint density at radius 1 is 1.15 bits per heavy atom. The number of piperidine rings is 1. The molecule has 9 heteroatoms. The Hall–Kier alpha value is -2.93. The van der Waals surface area contributed by atoms with Gasteiger partial charge in [0.15, 0.2) is 0 Å². The van der Waals surface area contributed by atoms with Crippen LogP contribution in [0.4, 0.5) is 13.2 Å². The van der Waals surface area contributed by atoms with Crippen molar-refractivity contribution in [2.45, 2.75) is 44.2 Å². The maximum Gasteiger partial charge on any atom is 0.424 e. The lowest BCUT2D eigenvalue weighted by Crippen LogP contribution is -2.53. The fraction of sp³-hybridized carbons (Fsp3) is 0.417. The molecule has 4 rings (SSSR count). The molecule has 1 fully saturated rings. The van der Waals surface area contributed by atoms with Crippen molar-refractivity contribution in [2.24, 2.45) is 0 Å². The van der Waals surface area contributed by atoms with Gasteiger partial charge in [-0.3, -0.25) is 9.58 Å². The zero-order valence-electron chi connectivity index (χ0n) is 18.2. The molecule has 0 aliphatic carbocycles. The van der Waals surface area contributed by atoms with E-state index >= 15 is 0 Å². The summed E-state index contributed by atoms with van der Waals surface area (Å²) in [4.78, 5) is 1.51. The van der Waals surface area contributed by atoms with Gasteiger partial charge in [0.1, 0.15) is 5.69 Å². The smallest absolute Gasteiger partial charge is 0.393 e. The highest BCUT2D eigenvalue weighted by Gasteiger charge is 2.58. The summed E-state index contributed by atoms with van der Waals surface area (Å²) in [6.45, 7) is 1.93. The van der Waals surface area contributed by atoms with Crippen molar-refractivity contribution in [2.75, 3.05) is 19.6 Å². The molecule has 6 nitrogen and oxygen atoms in total. The van der Waals surface area contributed by atoms with Crippen LogP contribution in [-0.2, 0) is 12.1 Å². The van der Waals surface area contributed by atoms with Gasteiger partial charge in [0.05, 0.1) is 29.8 Å². The van der Waals surface area contributed by atoms with Crippen LogP contribution in [0.3, 0.4) is 0 Å². The summed E-state index contributed by atoms with van der Waals surface area (Å²) in [5.41, 5.74) is -1.20.